The number of ether oxygens (including phenoxy) is 12. The minimum Gasteiger partial charge on any atom is -0.491 e. The fourth-order valence-corrected chi connectivity index (χ4v) is 24.2. The molecule has 0 bridgehead atoms. The van der Waals surface area contributed by atoms with Gasteiger partial charge in [-0.2, -0.15) is 0 Å². The zero-order chi connectivity index (χ0) is 99.4. The molecule has 6 aromatic rings. The molecule has 1 aliphatic heterocycles. The first-order chi connectivity index (χ1) is 61.4. The largest absolute Gasteiger partial charge is 0.647 e. The van der Waals surface area contributed by atoms with E-state index in [1.165, 1.54) is 5.56 Å². The molecule has 1 saturated heterocycles. The molecule has 1 heterocycles. The van der Waals surface area contributed by atoms with Crippen molar-refractivity contribution in [1.82, 2.24) is 0 Å². The first kappa shape index (κ1) is 125. The SMILES string of the molecule is CC(C)/C=C/c1ccccc1.CC(C)CC1(C)OCCO1.CC(C)N(c1ccc(Cl)cc1)c1ccc(Cl)cc1.CC(C)OCCOc1ccc(N(c2ccc(Cl)cc2)c2ccc(Cl)cc2)cc1.CC(C)O[Si](O[Si](C)(C)C)(O[Si](C)(C)C)O[Si](C)(C)C.CCC(CC)(OC(=O)CCC(=O)O)C(C)C.CCOCCOCCOCCOC(=O)C(C)C.COCCOCCOC(C)C. The summed E-state index contributed by atoms with van der Waals surface area (Å²) in [6.45, 7) is 68.9. The number of rotatable bonds is 48. The van der Waals surface area contributed by atoms with E-state index in [0.717, 1.165) is 76.7 Å². The highest BCUT2D eigenvalue weighted by Gasteiger charge is 2.54. The lowest BCUT2D eigenvalue weighted by atomic mass is 9.85. The van der Waals surface area contributed by atoms with Gasteiger partial charge in [-0.25, -0.2) is 0 Å². The summed E-state index contributed by atoms with van der Waals surface area (Å²) in [6.07, 6.45) is 7.17. The van der Waals surface area contributed by atoms with E-state index in [-0.39, 0.29) is 48.6 Å². The molecule has 30 heteroatoms. The van der Waals surface area contributed by atoms with Crippen molar-refractivity contribution >= 4 is 133 Å². The summed E-state index contributed by atoms with van der Waals surface area (Å²) in [6, 6.07) is 49.9. The molecule has 1 fully saturated rings. The molecule has 0 unspecified atom stereocenters. The number of nitrogens with zero attached hydrogens (tertiary/aromatic N) is 2. The molecular formula is C101H166Cl4N2O20Si4. The highest BCUT2D eigenvalue weighted by atomic mass is 35.5. The van der Waals surface area contributed by atoms with Gasteiger partial charge in [-0.1, -0.05) is 158 Å². The Kier molecular flexibility index (Phi) is 66.3. The van der Waals surface area contributed by atoms with Crippen LogP contribution in [0.5, 0.6) is 5.75 Å². The van der Waals surface area contributed by atoms with Crippen molar-refractivity contribution in [3.63, 3.8) is 0 Å². The van der Waals surface area contributed by atoms with Gasteiger partial charge in [0.2, 0.25) is 0 Å². The molecule has 1 N–H and O–H groups in total. The Morgan fingerprint density at radius 1 is 0.481 bits per heavy atom. The van der Waals surface area contributed by atoms with E-state index in [1.54, 1.807) is 21.0 Å². The first-order valence-electron chi connectivity index (χ1n) is 46.2. The fourth-order valence-electron chi connectivity index (χ4n) is 11.9. The van der Waals surface area contributed by atoms with E-state index >= 15 is 0 Å². The van der Waals surface area contributed by atoms with Gasteiger partial charge in [0.1, 0.15) is 24.6 Å². The van der Waals surface area contributed by atoms with Crippen molar-refractivity contribution in [2.45, 2.75) is 265 Å². The highest BCUT2D eigenvalue weighted by molar-refractivity contribution is 6.87. The van der Waals surface area contributed by atoms with Gasteiger partial charge in [-0.3, -0.25) is 14.4 Å². The minimum atomic E-state index is -3.08. The summed E-state index contributed by atoms with van der Waals surface area (Å²) in [5, 5.41) is 11.4. The summed E-state index contributed by atoms with van der Waals surface area (Å²) in [5.41, 5.74) is 6.09. The first-order valence-corrected chi connectivity index (χ1v) is 59.5. The zero-order valence-electron chi connectivity index (χ0n) is 85.0. The van der Waals surface area contributed by atoms with E-state index in [1.807, 2.05) is 210 Å². The molecule has 0 amide bonds. The van der Waals surface area contributed by atoms with Gasteiger partial charge < -0.3 is 88.5 Å². The maximum Gasteiger partial charge on any atom is 0.647 e. The molecule has 0 atom stereocenters. The van der Waals surface area contributed by atoms with E-state index in [4.69, 9.17) is 125 Å². The van der Waals surface area contributed by atoms with Crippen LogP contribution >= 0.6 is 46.4 Å². The van der Waals surface area contributed by atoms with Crippen molar-refractivity contribution in [1.29, 1.82) is 0 Å². The van der Waals surface area contributed by atoms with E-state index in [2.05, 4.69) is 147 Å². The molecule has 0 radical (unpaired) electrons. The number of hydrogen-bond donors (Lipinski definition) is 1. The van der Waals surface area contributed by atoms with Gasteiger partial charge in [0, 0.05) is 80.8 Å². The van der Waals surface area contributed by atoms with Crippen LogP contribution < -0.4 is 14.5 Å². The van der Waals surface area contributed by atoms with Crippen molar-refractivity contribution in [2.75, 3.05) is 116 Å². The number of halogens is 4. The van der Waals surface area contributed by atoms with Crippen molar-refractivity contribution < 1.29 is 93.1 Å². The second-order valence-electron chi connectivity index (χ2n) is 36.3. The number of carbonyl (C=O) groups excluding carboxylic acids is 2. The van der Waals surface area contributed by atoms with Crippen molar-refractivity contribution in [2.24, 2.45) is 23.7 Å². The summed E-state index contributed by atoms with van der Waals surface area (Å²) in [7, 11) is -6.90. The van der Waals surface area contributed by atoms with Gasteiger partial charge in [-0.05, 0) is 286 Å². The molecule has 744 valence electrons. The van der Waals surface area contributed by atoms with Gasteiger partial charge in [0.05, 0.1) is 110 Å². The van der Waals surface area contributed by atoms with Crippen LogP contribution in [0.2, 0.25) is 79.0 Å². The van der Waals surface area contributed by atoms with Gasteiger partial charge in [-0.15, -0.1) is 0 Å². The normalized spacial score (nSPS) is 12.6. The smallest absolute Gasteiger partial charge is 0.491 e. The Hall–Kier alpha value is -5.62. The Balaban J connectivity index is 0.00000151. The monoisotopic (exact) mass is 1980 g/mol. The lowest BCUT2D eigenvalue weighted by Crippen LogP contribution is -2.63. The Morgan fingerprint density at radius 2 is 0.863 bits per heavy atom. The van der Waals surface area contributed by atoms with Crippen LogP contribution in [-0.4, -0.2) is 199 Å². The van der Waals surface area contributed by atoms with Gasteiger partial charge >= 0.3 is 27.0 Å². The number of aliphatic carboxylic acids is 1. The van der Waals surface area contributed by atoms with Crippen molar-refractivity contribution in [3.8, 4) is 5.75 Å². The van der Waals surface area contributed by atoms with Crippen LogP contribution in [0.25, 0.3) is 6.08 Å². The number of hydrogen-bond acceptors (Lipinski definition) is 21. The highest BCUT2D eigenvalue weighted by Crippen LogP contribution is 2.38. The zero-order valence-corrected chi connectivity index (χ0v) is 92.0. The molecule has 0 saturated carbocycles. The van der Waals surface area contributed by atoms with Crippen LogP contribution in [0.15, 0.2) is 158 Å². The maximum absolute atomic E-state index is 11.5. The summed E-state index contributed by atoms with van der Waals surface area (Å²) < 4.78 is 88.6. The molecular weight excluding hydrogens is 1820 g/mol. The number of carboxylic acids is 1. The van der Waals surface area contributed by atoms with Crippen LogP contribution in [0.4, 0.5) is 28.4 Å². The maximum atomic E-state index is 11.5. The summed E-state index contributed by atoms with van der Waals surface area (Å²) in [5.74, 6) is 0.366. The Morgan fingerprint density at radius 3 is 1.21 bits per heavy atom. The number of esters is 2. The molecule has 6 aromatic carbocycles. The van der Waals surface area contributed by atoms with Crippen LogP contribution in [0.1, 0.15) is 176 Å². The molecule has 22 nitrogen and oxygen atoms in total. The standard InChI is InChI=1S/C23H23Cl2NO2.C15H15Cl2N.C12H24O5.C12H34O4Si4.C12H22O4.C11H14.C8H18O3.C8H16O2/c1-17(2)27-15-16-28-23-13-11-22(12-14-23)26(20-7-3-18(24)4-8-20)21-9-5-19(25)6-10-21;1-11(2)18(14-7-3-12(16)4-8-14)15-9-5-13(17)6-10-15;1-4-14-5-6-15-7-8-16-9-10-17-12(13)11(2)3;1-12(2)13-20(14-17(3,4)5,15-18(6,7)8)16-19(9,10)11;1-5-12(6-2,9(3)4)16-11(15)8-7-10(13)14;1-10(2)8-9-11-6-4-3-5-7-11;1-8(2)11-7-6-10-5-4-9-3;1-7(2)6-8(3)9-4-5-10-8/h3-14,17H,15-16H2,1-2H3;3-11H,1-2H3;11H,4-10H2,1-3H3;12H,1-11H3;9H,5-8H2,1-4H3,(H,13,14);3-10H,1-2H3;8H,4-7H2,1-3H3;7H,4-6H2,1-3H3/b;;;;;9-8+;;. The number of methoxy groups -OCH3 is 1. The summed E-state index contributed by atoms with van der Waals surface area (Å²) >= 11 is 24.0. The van der Waals surface area contributed by atoms with Crippen LogP contribution in [0, 0.1) is 23.7 Å². The third kappa shape index (κ3) is 63.4. The quantitative estimate of drug-likeness (QED) is 0.0213. The lowest BCUT2D eigenvalue weighted by molar-refractivity contribution is -0.167. The predicted octanol–water partition coefficient (Wildman–Crippen LogP) is 27.3. The topological polar surface area (TPSA) is 226 Å². The number of anilines is 5. The molecule has 7 rings (SSSR count). The number of carboxylic acid groups (broad SMARTS) is 1. The number of benzene rings is 6. The van der Waals surface area contributed by atoms with Crippen LogP contribution in [0.3, 0.4) is 0 Å². The fraction of sp³-hybridized carbons (Fsp3) is 0.594. The second-order valence-corrected chi connectivity index (χ2v) is 54.4. The summed E-state index contributed by atoms with van der Waals surface area (Å²) in [4.78, 5) is 37.3. The molecule has 0 aromatic heterocycles. The Labute approximate surface area is 814 Å². The predicted molar refractivity (Wildman–Crippen MR) is 552 cm³/mol. The van der Waals surface area contributed by atoms with Crippen LogP contribution in [-0.2, 0) is 83.3 Å². The molecule has 131 heavy (non-hydrogen) atoms. The number of allylic oxidation sites excluding steroid dienone is 1. The van der Waals surface area contributed by atoms with Gasteiger partial charge in [0.15, 0.2) is 30.7 Å². The third-order valence-corrected chi connectivity index (χ3v) is 29.8. The number of carbonyl (C=O) groups is 3. The molecule has 1 aliphatic rings. The third-order valence-electron chi connectivity index (χ3n) is 17.7. The van der Waals surface area contributed by atoms with Gasteiger partial charge in [0.25, 0.3) is 0 Å². The molecule has 0 spiro atoms. The Bertz CT molecular complexity index is 3770. The molecule has 0 aliphatic carbocycles. The average molecular weight is 1980 g/mol. The minimum absolute atomic E-state index is 0.0331. The second kappa shape index (κ2) is 69.2. The van der Waals surface area contributed by atoms with Crippen molar-refractivity contribution in [3.05, 3.63) is 183 Å². The average Bonchev–Trinajstić information content (AvgIpc) is 1.58. The van der Waals surface area contributed by atoms with E-state index in [0.29, 0.717) is 120 Å². The lowest BCUT2D eigenvalue weighted by Gasteiger charge is -2.41. The van der Waals surface area contributed by atoms with E-state index < -0.39 is 51.5 Å². The van der Waals surface area contributed by atoms with E-state index in [9.17, 15) is 14.4 Å².